The molecule has 0 spiro atoms. The van der Waals surface area contributed by atoms with Gasteiger partial charge in [-0.05, 0) is 42.4 Å². The molecule has 2 bridgehead atoms. The number of hydrogen-bond donors (Lipinski definition) is 3. The molecule has 3 amide bonds. The zero-order valence-corrected chi connectivity index (χ0v) is 22.6. The average molecular weight is 526 g/mol. The summed E-state index contributed by atoms with van der Waals surface area (Å²) in [6.07, 6.45) is 13.8. The number of esters is 1. The van der Waals surface area contributed by atoms with E-state index in [1.54, 1.807) is 0 Å². The molecule has 1 aromatic heterocycles. The quantitative estimate of drug-likeness (QED) is 0.349. The number of methoxy groups -OCH3 is 1. The number of hydrogen-bond acceptors (Lipinski definition) is 7. The monoisotopic (exact) mass is 525 g/mol. The summed E-state index contributed by atoms with van der Waals surface area (Å²) < 4.78 is 5.02. The van der Waals surface area contributed by atoms with Crippen molar-refractivity contribution in [2.45, 2.75) is 77.4 Å². The average Bonchev–Trinajstić information content (AvgIpc) is 3.52. The molecule has 10 nitrogen and oxygen atoms in total. The number of carbonyl (C=O) groups excluding carboxylic acids is 4. The van der Waals surface area contributed by atoms with Crippen LogP contribution in [0.2, 0.25) is 0 Å². The molecule has 3 N–H and O–H groups in total. The highest BCUT2D eigenvalue weighted by molar-refractivity contribution is 5.97. The van der Waals surface area contributed by atoms with E-state index in [2.05, 4.69) is 25.9 Å². The minimum Gasteiger partial charge on any atom is -0.469 e. The smallest absolute Gasteiger partial charge is 0.311 e. The molecule has 1 heterocycles. The molecule has 4 rings (SSSR count). The lowest BCUT2D eigenvalue weighted by atomic mass is 9.81. The standard InChI is InChI=1S/C28H39N5O5/c1-28(2,3)23(26(36)31-21-18-11-10-17(14-18)20(21)27(37)38-4)33-25(35)22(16-8-6-5-7-9-16)32-24(34)19-15-29-12-13-30-19/h10-13,15-18,20-23H,5-9,14H2,1-4H3,(H,31,36)(H,32,34)(H,33,35). The Morgan fingerprint density at radius 1 is 0.974 bits per heavy atom. The summed E-state index contributed by atoms with van der Waals surface area (Å²) in [6.45, 7) is 5.64. The Labute approximate surface area is 223 Å². The molecule has 206 valence electrons. The van der Waals surface area contributed by atoms with E-state index in [-0.39, 0.29) is 35.3 Å². The largest absolute Gasteiger partial charge is 0.469 e. The van der Waals surface area contributed by atoms with Crippen LogP contribution in [0.25, 0.3) is 0 Å². The van der Waals surface area contributed by atoms with Gasteiger partial charge in [0.05, 0.1) is 19.2 Å². The zero-order valence-electron chi connectivity index (χ0n) is 22.6. The fourth-order valence-corrected chi connectivity index (χ4v) is 6.13. The van der Waals surface area contributed by atoms with Crippen molar-refractivity contribution in [2.24, 2.45) is 29.1 Å². The third-order valence-electron chi connectivity index (χ3n) is 8.14. The van der Waals surface area contributed by atoms with Gasteiger partial charge in [-0.15, -0.1) is 0 Å². The molecule has 38 heavy (non-hydrogen) atoms. The zero-order chi connectivity index (χ0) is 27.4. The van der Waals surface area contributed by atoms with Gasteiger partial charge in [-0.25, -0.2) is 4.98 Å². The predicted molar refractivity (Wildman–Crippen MR) is 139 cm³/mol. The normalized spacial score (nSPS) is 26.3. The maximum Gasteiger partial charge on any atom is 0.311 e. The SMILES string of the molecule is COC(=O)C1C2C=CC(C2)C1NC(=O)C(NC(=O)C(NC(=O)c1cnccn1)C1CCCCC1)C(C)(C)C. The second-order valence-electron chi connectivity index (χ2n) is 11.8. The summed E-state index contributed by atoms with van der Waals surface area (Å²) in [4.78, 5) is 60.8. The van der Waals surface area contributed by atoms with Crippen LogP contribution in [-0.4, -0.2) is 58.9 Å². The van der Waals surface area contributed by atoms with Crippen LogP contribution in [0.3, 0.4) is 0 Å². The van der Waals surface area contributed by atoms with Crippen molar-refractivity contribution in [3.05, 3.63) is 36.4 Å². The van der Waals surface area contributed by atoms with Crippen molar-refractivity contribution in [3.63, 3.8) is 0 Å². The molecular formula is C28H39N5O5. The lowest BCUT2D eigenvalue weighted by Gasteiger charge is -2.36. The molecule has 2 fully saturated rings. The van der Waals surface area contributed by atoms with E-state index in [1.165, 1.54) is 25.7 Å². The summed E-state index contributed by atoms with van der Waals surface area (Å²) in [6, 6.07) is -2.08. The highest BCUT2D eigenvalue weighted by Crippen LogP contribution is 2.44. The molecule has 3 aliphatic carbocycles. The van der Waals surface area contributed by atoms with E-state index in [1.807, 2.05) is 32.9 Å². The third-order valence-corrected chi connectivity index (χ3v) is 8.14. The summed E-state index contributed by atoms with van der Waals surface area (Å²) in [5, 5.41) is 8.88. The van der Waals surface area contributed by atoms with Crippen LogP contribution in [-0.2, 0) is 19.1 Å². The topological polar surface area (TPSA) is 139 Å². The van der Waals surface area contributed by atoms with Crippen LogP contribution in [0, 0.1) is 29.1 Å². The van der Waals surface area contributed by atoms with Crippen molar-refractivity contribution >= 4 is 23.7 Å². The number of amides is 3. The third kappa shape index (κ3) is 6.05. The number of ether oxygens (including phenoxy) is 1. The molecule has 0 aromatic carbocycles. The molecule has 0 saturated heterocycles. The fraction of sp³-hybridized carbons (Fsp3) is 0.643. The van der Waals surface area contributed by atoms with E-state index in [0.717, 1.165) is 38.5 Å². The fourth-order valence-electron chi connectivity index (χ4n) is 6.13. The van der Waals surface area contributed by atoms with Gasteiger partial charge in [-0.3, -0.25) is 24.2 Å². The molecule has 0 aliphatic heterocycles. The van der Waals surface area contributed by atoms with Crippen molar-refractivity contribution in [3.8, 4) is 0 Å². The summed E-state index contributed by atoms with van der Waals surface area (Å²) in [5.41, 5.74) is -0.496. The summed E-state index contributed by atoms with van der Waals surface area (Å²) >= 11 is 0. The number of nitrogens with zero attached hydrogens (tertiary/aromatic N) is 2. The van der Waals surface area contributed by atoms with Gasteiger partial charge in [-0.2, -0.15) is 0 Å². The van der Waals surface area contributed by atoms with Gasteiger partial charge in [0.15, 0.2) is 0 Å². The molecule has 6 unspecified atom stereocenters. The molecular weight excluding hydrogens is 486 g/mol. The molecule has 3 aliphatic rings. The van der Waals surface area contributed by atoms with Gasteiger partial charge >= 0.3 is 5.97 Å². The molecule has 2 saturated carbocycles. The van der Waals surface area contributed by atoms with Gasteiger partial charge in [0.1, 0.15) is 17.8 Å². The van der Waals surface area contributed by atoms with E-state index < -0.39 is 41.3 Å². The van der Waals surface area contributed by atoms with Crippen LogP contribution in [0.1, 0.15) is 69.8 Å². The highest BCUT2D eigenvalue weighted by atomic mass is 16.5. The Morgan fingerprint density at radius 2 is 1.68 bits per heavy atom. The van der Waals surface area contributed by atoms with Crippen LogP contribution in [0.15, 0.2) is 30.7 Å². The van der Waals surface area contributed by atoms with Gasteiger partial charge < -0.3 is 20.7 Å². The van der Waals surface area contributed by atoms with Crippen molar-refractivity contribution in [1.29, 1.82) is 0 Å². The van der Waals surface area contributed by atoms with E-state index in [9.17, 15) is 19.2 Å². The summed E-state index contributed by atoms with van der Waals surface area (Å²) in [7, 11) is 1.36. The lowest BCUT2D eigenvalue weighted by molar-refractivity contribution is -0.147. The predicted octanol–water partition coefficient (Wildman–Crippen LogP) is 2.17. The maximum atomic E-state index is 13.7. The molecule has 6 atom stereocenters. The van der Waals surface area contributed by atoms with Crippen LogP contribution in [0.5, 0.6) is 0 Å². The number of nitrogens with one attached hydrogen (secondary N) is 3. The van der Waals surface area contributed by atoms with Gasteiger partial charge in [-0.1, -0.05) is 52.2 Å². The molecule has 0 radical (unpaired) electrons. The van der Waals surface area contributed by atoms with Gasteiger partial charge in [0.25, 0.3) is 5.91 Å². The van der Waals surface area contributed by atoms with E-state index in [0.29, 0.717) is 0 Å². The summed E-state index contributed by atoms with van der Waals surface area (Å²) in [5.74, 6) is -1.99. The van der Waals surface area contributed by atoms with Crippen molar-refractivity contribution in [2.75, 3.05) is 7.11 Å². The number of aromatic nitrogens is 2. The molecule has 1 aromatic rings. The minimum atomic E-state index is -0.879. The second-order valence-corrected chi connectivity index (χ2v) is 11.8. The number of carbonyl (C=O) groups is 4. The Kier molecular flexibility index (Phi) is 8.47. The first kappa shape index (κ1) is 27.7. The lowest BCUT2D eigenvalue weighted by Crippen LogP contribution is -2.61. The first-order valence-corrected chi connectivity index (χ1v) is 13.5. The first-order chi connectivity index (χ1) is 18.1. The number of allylic oxidation sites excluding steroid dienone is 1. The number of rotatable bonds is 8. The van der Waals surface area contributed by atoms with Gasteiger partial charge in [0.2, 0.25) is 11.8 Å². The van der Waals surface area contributed by atoms with E-state index in [4.69, 9.17) is 4.74 Å². The molecule has 10 heteroatoms. The maximum absolute atomic E-state index is 13.7. The Hall–Kier alpha value is -3.30. The number of fused-ring (bicyclic) bond motifs is 2. The van der Waals surface area contributed by atoms with Crippen molar-refractivity contribution < 1.29 is 23.9 Å². The van der Waals surface area contributed by atoms with Crippen LogP contribution in [0.4, 0.5) is 0 Å². The van der Waals surface area contributed by atoms with Crippen LogP contribution < -0.4 is 16.0 Å². The first-order valence-electron chi connectivity index (χ1n) is 13.5. The van der Waals surface area contributed by atoms with E-state index >= 15 is 0 Å². The van der Waals surface area contributed by atoms with Crippen LogP contribution >= 0.6 is 0 Å². The second kappa shape index (κ2) is 11.6. The Bertz CT molecular complexity index is 1060. The Morgan fingerprint density at radius 3 is 2.32 bits per heavy atom. The highest BCUT2D eigenvalue weighted by Gasteiger charge is 2.50. The Balaban J connectivity index is 1.51. The van der Waals surface area contributed by atoms with Crippen molar-refractivity contribution in [1.82, 2.24) is 25.9 Å². The minimum absolute atomic E-state index is 0.0346. The van der Waals surface area contributed by atoms with Gasteiger partial charge in [0, 0.05) is 18.4 Å².